The maximum absolute atomic E-state index is 13.5. The minimum absolute atomic E-state index is 0.0300. The molecule has 17 heavy (non-hydrogen) atoms. The number of nitriles is 1. The van der Waals surface area contributed by atoms with E-state index in [0.717, 1.165) is 6.07 Å². The number of aliphatic hydroxyl groups is 2. The standard InChI is InChI=1S/C11H12F2N2O2/c1-15-5-10(16)11(17)7-3-8(12)6(4-14)2-9(7)13/h2-3,10-11,15-17H,5H2,1H3. The summed E-state index contributed by atoms with van der Waals surface area (Å²) in [5, 5.41) is 30.1. The Labute approximate surface area is 97.1 Å². The Hall–Kier alpha value is -1.55. The predicted octanol–water partition coefficient (Wildman–Crippen LogP) is 0.450. The van der Waals surface area contributed by atoms with Crippen molar-refractivity contribution in [2.75, 3.05) is 13.6 Å². The lowest BCUT2D eigenvalue weighted by Crippen LogP contribution is -2.30. The van der Waals surface area contributed by atoms with Gasteiger partial charge in [0.1, 0.15) is 23.8 Å². The fourth-order valence-electron chi connectivity index (χ4n) is 1.40. The zero-order chi connectivity index (χ0) is 13.0. The monoisotopic (exact) mass is 242 g/mol. The number of rotatable bonds is 4. The van der Waals surface area contributed by atoms with Crippen molar-refractivity contribution in [2.24, 2.45) is 0 Å². The lowest BCUT2D eigenvalue weighted by Gasteiger charge is -2.18. The molecule has 0 aliphatic rings. The zero-order valence-electron chi connectivity index (χ0n) is 9.11. The van der Waals surface area contributed by atoms with E-state index in [9.17, 15) is 19.0 Å². The summed E-state index contributed by atoms with van der Waals surface area (Å²) in [5.41, 5.74) is -0.814. The molecule has 0 heterocycles. The van der Waals surface area contributed by atoms with Crippen LogP contribution in [0.1, 0.15) is 17.2 Å². The molecule has 1 aromatic carbocycles. The van der Waals surface area contributed by atoms with Gasteiger partial charge >= 0.3 is 0 Å². The summed E-state index contributed by atoms with van der Waals surface area (Å²) in [7, 11) is 1.55. The highest BCUT2D eigenvalue weighted by atomic mass is 19.1. The van der Waals surface area contributed by atoms with Crippen LogP contribution in [0.15, 0.2) is 12.1 Å². The molecule has 0 bridgehead atoms. The van der Waals surface area contributed by atoms with E-state index < -0.39 is 29.4 Å². The van der Waals surface area contributed by atoms with Crippen LogP contribution in [0.4, 0.5) is 8.78 Å². The average molecular weight is 242 g/mol. The lowest BCUT2D eigenvalue weighted by molar-refractivity contribution is 0.0179. The highest BCUT2D eigenvalue weighted by molar-refractivity contribution is 5.35. The lowest BCUT2D eigenvalue weighted by atomic mass is 10.0. The molecule has 1 aromatic rings. The van der Waals surface area contributed by atoms with E-state index in [-0.39, 0.29) is 12.1 Å². The van der Waals surface area contributed by atoms with Gasteiger partial charge in [-0.3, -0.25) is 0 Å². The van der Waals surface area contributed by atoms with E-state index in [1.807, 2.05) is 0 Å². The fourth-order valence-corrected chi connectivity index (χ4v) is 1.40. The highest BCUT2D eigenvalue weighted by Gasteiger charge is 2.22. The third-order valence-electron chi connectivity index (χ3n) is 2.30. The summed E-state index contributed by atoms with van der Waals surface area (Å²) < 4.78 is 26.7. The average Bonchev–Trinajstić information content (AvgIpc) is 2.31. The number of nitrogens with one attached hydrogen (secondary N) is 1. The first kappa shape index (κ1) is 13.5. The number of benzene rings is 1. The highest BCUT2D eigenvalue weighted by Crippen LogP contribution is 2.23. The Morgan fingerprint density at radius 1 is 1.35 bits per heavy atom. The molecule has 2 atom stereocenters. The van der Waals surface area contributed by atoms with Crippen LogP contribution in [0.25, 0.3) is 0 Å². The maximum Gasteiger partial charge on any atom is 0.141 e. The van der Waals surface area contributed by atoms with Crippen molar-refractivity contribution in [3.05, 3.63) is 34.9 Å². The largest absolute Gasteiger partial charge is 0.389 e. The third kappa shape index (κ3) is 2.97. The maximum atomic E-state index is 13.5. The summed E-state index contributed by atoms with van der Waals surface area (Å²) in [6, 6.07) is 2.90. The molecule has 0 amide bonds. The normalized spacial score (nSPS) is 14.1. The van der Waals surface area contributed by atoms with E-state index in [1.54, 1.807) is 7.05 Å². The quantitative estimate of drug-likeness (QED) is 0.716. The van der Waals surface area contributed by atoms with E-state index in [2.05, 4.69) is 5.32 Å². The molecule has 0 fully saturated rings. The Morgan fingerprint density at radius 2 is 2.00 bits per heavy atom. The second-order valence-electron chi connectivity index (χ2n) is 3.54. The van der Waals surface area contributed by atoms with Crippen LogP contribution in [-0.2, 0) is 0 Å². The van der Waals surface area contributed by atoms with Crippen molar-refractivity contribution < 1.29 is 19.0 Å². The van der Waals surface area contributed by atoms with Crippen LogP contribution in [0.3, 0.4) is 0 Å². The van der Waals surface area contributed by atoms with Gasteiger partial charge in [-0.1, -0.05) is 0 Å². The van der Waals surface area contributed by atoms with Crippen LogP contribution in [0, 0.1) is 23.0 Å². The van der Waals surface area contributed by atoms with E-state index in [1.165, 1.54) is 6.07 Å². The predicted molar refractivity (Wildman–Crippen MR) is 56.0 cm³/mol. The van der Waals surface area contributed by atoms with Gasteiger partial charge in [0, 0.05) is 12.1 Å². The van der Waals surface area contributed by atoms with Crippen molar-refractivity contribution >= 4 is 0 Å². The first-order valence-electron chi connectivity index (χ1n) is 4.91. The summed E-state index contributed by atoms with van der Waals surface area (Å²) in [6.07, 6.45) is -2.81. The Morgan fingerprint density at radius 3 is 2.53 bits per heavy atom. The molecule has 92 valence electrons. The molecule has 0 saturated heterocycles. The van der Waals surface area contributed by atoms with Gasteiger partial charge in [0.15, 0.2) is 0 Å². The van der Waals surface area contributed by atoms with Gasteiger partial charge in [0.25, 0.3) is 0 Å². The van der Waals surface area contributed by atoms with Gasteiger partial charge in [-0.05, 0) is 19.2 Å². The second-order valence-corrected chi connectivity index (χ2v) is 3.54. The second kappa shape index (κ2) is 5.68. The van der Waals surface area contributed by atoms with Crippen molar-refractivity contribution in [2.45, 2.75) is 12.2 Å². The molecule has 1 rings (SSSR count). The SMILES string of the molecule is CNCC(O)C(O)c1cc(F)c(C#N)cc1F. The van der Waals surface area contributed by atoms with Crippen LogP contribution in [0.5, 0.6) is 0 Å². The molecule has 3 N–H and O–H groups in total. The van der Waals surface area contributed by atoms with Gasteiger partial charge in [0.05, 0.1) is 11.7 Å². The molecular formula is C11H12F2N2O2. The van der Waals surface area contributed by atoms with Crippen LogP contribution < -0.4 is 5.32 Å². The zero-order valence-corrected chi connectivity index (χ0v) is 9.11. The molecule has 6 heteroatoms. The Bertz CT molecular complexity index is 446. The van der Waals surface area contributed by atoms with E-state index >= 15 is 0 Å². The molecule has 0 aromatic heterocycles. The number of nitrogens with zero attached hydrogens (tertiary/aromatic N) is 1. The van der Waals surface area contributed by atoms with Crippen molar-refractivity contribution in [3.63, 3.8) is 0 Å². The summed E-state index contributed by atoms with van der Waals surface area (Å²) in [6.45, 7) is 0.0300. The summed E-state index contributed by atoms with van der Waals surface area (Å²) in [5.74, 6) is -1.86. The topological polar surface area (TPSA) is 76.3 Å². The summed E-state index contributed by atoms with van der Waals surface area (Å²) in [4.78, 5) is 0. The number of hydrogen-bond donors (Lipinski definition) is 3. The fraction of sp³-hybridized carbons (Fsp3) is 0.364. The minimum atomic E-state index is -1.55. The first-order valence-corrected chi connectivity index (χ1v) is 4.91. The van der Waals surface area contributed by atoms with Crippen molar-refractivity contribution in [3.8, 4) is 6.07 Å². The van der Waals surface area contributed by atoms with Crippen molar-refractivity contribution in [1.82, 2.24) is 5.32 Å². The number of likely N-dealkylation sites (N-methyl/N-ethyl adjacent to an activating group) is 1. The van der Waals surface area contributed by atoms with Gasteiger partial charge in [0.2, 0.25) is 0 Å². The van der Waals surface area contributed by atoms with Gasteiger partial charge < -0.3 is 15.5 Å². The van der Waals surface area contributed by atoms with Crippen molar-refractivity contribution in [1.29, 1.82) is 5.26 Å². The molecular weight excluding hydrogens is 230 g/mol. The number of aliphatic hydroxyl groups excluding tert-OH is 2. The Balaban J connectivity index is 3.07. The summed E-state index contributed by atoms with van der Waals surface area (Å²) >= 11 is 0. The molecule has 0 radical (unpaired) electrons. The van der Waals surface area contributed by atoms with Crippen LogP contribution in [0.2, 0.25) is 0 Å². The van der Waals surface area contributed by atoms with E-state index in [4.69, 9.17) is 5.26 Å². The van der Waals surface area contributed by atoms with Crippen LogP contribution in [-0.4, -0.2) is 29.9 Å². The van der Waals surface area contributed by atoms with Crippen LogP contribution >= 0.6 is 0 Å². The van der Waals surface area contributed by atoms with Gasteiger partial charge in [-0.15, -0.1) is 0 Å². The molecule has 0 spiro atoms. The van der Waals surface area contributed by atoms with E-state index in [0.29, 0.717) is 6.07 Å². The number of hydrogen-bond acceptors (Lipinski definition) is 4. The Kier molecular flexibility index (Phi) is 4.52. The van der Waals surface area contributed by atoms with Gasteiger partial charge in [-0.2, -0.15) is 5.26 Å². The first-order chi connectivity index (χ1) is 8.01. The minimum Gasteiger partial charge on any atom is -0.389 e. The van der Waals surface area contributed by atoms with Gasteiger partial charge in [-0.25, -0.2) is 8.78 Å². The molecule has 0 aliphatic carbocycles. The third-order valence-corrected chi connectivity index (χ3v) is 2.30. The molecule has 2 unspecified atom stereocenters. The number of halogens is 2. The molecule has 4 nitrogen and oxygen atoms in total. The molecule has 0 aliphatic heterocycles. The molecule has 0 saturated carbocycles. The smallest absolute Gasteiger partial charge is 0.141 e.